The van der Waals surface area contributed by atoms with Crippen LogP contribution < -0.4 is 5.09 Å². The summed E-state index contributed by atoms with van der Waals surface area (Å²) >= 11 is 0. The van der Waals surface area contributed by atoms with Gasteiger partial charge in [0.15, 0.2) is 0 Å². The van der Waals surface area contributed by atoms with E-state index in [4.69, 9.17) is 4.99 Å². The van der Waals surface area contributed by atoms with E-state index < -0.39 is 0 Å². The van der Waals surface area contributed by atoms with E-state index >= 15 is 0 Å². The quantitative estimate of drug-likeness (QED) is 0.363. The van der Waals surface area contributed by atoms with Crippen LogP contribution in [0.15, 0.2) is 53.5 Å². The monoisotopic (exact) mass is 354 g/mol. The van der Waals surface area contributed by atoms with E-state index in [9.17, 15) is 0 Å². The summed E-state index contributed by atoms with van der Waals surface area (Å²) < 4.78 is 0. The Balaban J connectivity index is 2.39. The molecule has 0 spiro atoms. The molecule has 0 unspecified atom stereocenters. The molecule has 2 nitrogen and oxygen atoms in total. The molecule has 0 aromatic heterocycles. The smallest absolute Gasteiger partial charge is 0.110 e. The van der Waals surface area contributed by atoms with Gasteiger partial charge in [-0.2, -0.15) is 0 Å². The first-order valence-electron chi connectivity index (χ1n) is 9.11. The van der Waals surface area contributed by atoms with E-state index in [2.05, 4.69) is 95.2 Å². The normalized spacial score (nSPS) is 12.3. The van der Waals surface area contributed by atoms with Crippen LogP contribution in [-0.4, -0.2) is 17.2 Å². The molecule has 0 saturated heterocycles. The summed E-state index contributed by atoms with van der Waals surface area (Å²) in [7, 11) is -0.310. The predicted molar refractivity (Wildman–Crippen MR) is 113 cm³/mol. The van der Waals surface area contributed by atoms with Crippen molar-refractivity contribution in [3.8, 4) is 0 Å². The molecule has 25 heavy (non-hydrogen) atoms. The van der Waals surface area contributed by atoms with Gasteiger partial charge in [0.25, 0.3) is 0 Å². The fourth-order valence-electron chi connectivity index (χ4n) is 3.01. The molecule has 0 aliphatic heterocycles. The Kier molecular flexibility index (Phi) is 7.20. The van der Waals surface area contributed by atoms with Crippen LogP contribution in [0.2, 0.25) is 0 Å². The van der Waals surface area contributed by atoms with Crippen LogP contribution >= 0.6 is 8.07 Å². The SMILES string of the molecule is Cc1cccc(C)c1N=C(Cc1ccccc1)NP(C(C)C)C(C)C. The van der Waals surface area contributed by atoms with Crippen molar-refractivity contribution in [3.05, 3.63) is 65.2 Å². The third kappa shape index (κ3) is 5.68. The van der Waals surface area contributed by atoms with E-state index in [1.165, 1.54) is 16.7 Å². The van der Waals surface area contributed by atoms with Crippen LogP contribution in [0.25, 0.3) is 0 Å². The van der Waals surface area contributed by atoms with E-state index in [1.807, 2.05) is 0 Å². The topological polar surface area (TPSA) is 24.4 Å². The Bertz CT molecular complexity index is 677. The van der Waals surface area contributed by atoms with Crippen LogP contribution in [0.3, 0.4) is 0 Å². The third-order valence-corrected chi connectivity index (χ3v) is 7.01. The first kappa shape index (κ1) is 19.7. The van der Waals surface area contributed by atoms with E-state index in [0.29, 0.717) is 11.3 Å². The van der Waals surface area contributed by atoms with Gasteiger partial charge in [-0.25, -0.2) is 4.99 Å². The predicted octanol–water partition coefficient (Wildman–Crippen LogP) is 6.38. The van der Waals surface area contributed by atoms with Gasteiger partial charge in [-0.1, -0.05) is 76.2 Å². The maximum atomic E-state index is 5.08. The van der Waals surface area contributed by atoms with Gasteiger partial charge in [0.1, 0.15) is 5.84 Å². The van der Waals surface area contributed by atoms with Crippen molar-refractivity contribution in [3.63, 3.8) is 0 Å². The van der Waals surface area contributed by atoms with Crippen LogP contribution in [0.4, 0.5) is 5.69 Å². The Morgan fingerprint density at radius 2 is 1.44 bits per heavy atom. The van der Waals surface area contributed by atoms with Crippen molar-refractivity contribution >= 4 is 19.6 Å². The Morgan fingerprint density at radius 1 is 0.880 bits per heavy atom. The molecule has 0 radical (unpaired) electrons. The molecule has 2 rings (SSSR count). The lowest BCUT2D eigenvalue weighted by molar-refractivity contribution is 0.986. The van der Waals surface area contributed by atoms with Crippen molar-refractivity contribution in [2.75, 3.05) is 0 Å². The van der Waals surface area contributed by atoms with E-state index in [-0.39, 0.29) is 8.07 Å². The second-order valence-electron chi connectivity index (χ2n) is 7.17. The molecule has 0 heterocycles. The van der Waals surface area contributed by atoms with Gasteiger partial charge in [0.2, 0.25) is 0 Å². The van der Waals surface area contributed by atoms with Crippen molar-refractivity contribution < 1.29 is 0 Å². The van der Waals surface area contributed by atoms with Gasteiger partial charge < -0.3 is 5.09 Å². The number of aliphatic imine (C=N–C) groups is 1. The van der Waals surface area contributed by atoms with Gasteiger partial charge in [0, 0.05) is 6.42 Å². The number of amidine groups is 1. The minimum atomic E-state index is -0.310. The molecule has 0 amide bonds. The zero-order valence-corrected chi connectivity index (χ0v) is 17.3. The van der Waals surface area contributed by atoms with Gasteiger partial charge in [-0.15, -0.1) is 0 Å². The number of benzene rings is 2. The molecule has 0 fully saturated rings. The van der Waals surface area contributed by atoms with Crippen molar-refractivity contribution in [1.82, 2.24) is 5.09 Å². The van der Waals surface area contributed by atoms with Crippen molar-refractivity contribution in [2.45, 2.75) is 59.3 Å². The van der Waals surface area contributed by atoms with Crippen LogP contribution in [-0.2, 0) is 6.42 Å². The maximum absolute atomic E-state index is 5.08. The van der Waals surface area contributed by atoms with Gasteiger partial charge in [-0.3, -0.25) is 0 Å². The molecule has 0 aliphatic rings. The van der Waals surface area contributed by atoms with Crippen LogP contribution in [0.1, 0.15) is 44.4 Å². The highest BCUT2D eigenvalue weighted by molar-refractivity contribution is 7.57. The summed E-state index contributed by atoms with van der Waals surface area (Å²) in [4.78, 5) is 5.08. The molecule has 0 bridgehead atoms. The lowest BCUT2D eigenvalue weighted by atomic mass is 10.1. The Hall–Kier alpha value is -1.66. The zero-order valence-electron chi connectivity index (χ0n) is 16.4. The zero-order chi connectivity index (χ0) is 18.4. The Morgan fingerprint density at radius 3 is 1.96 bits per heavy atom. The lowest BCUT2D eigenvalue weighted by Crippen LogP contribution is -2.27. The summed E-state index contributed by atoms with van der Waals surface area (Å²) in [5.74, 6) is 1.08. The Labute approximate surface area is 154 Å². The second-order valence-corrected chi connectivity index (χ2v) is 10.3. The number of nitrogens with one attached hydrogen (secondary N) is 1. The molecular formula is C22H31N2P. The standard InChI is InChI=1S/C22H31N2P/c1-16(2)25(17(3)4)24-21(15-20-13-8-7-9-14-20)23-22-18(5)11-10-12-19(22)6/h7-14,16-17H,15H2,1-6H3,(H,23,24). The van der Waals surface area contributed by atoms with Crippen LogP contribution in [0, 0.1) is 13.8 Å². The molecule has 2 aromatic carbocycles. The number of aryl methyl sites for hydroxylation is 2. The van der Waals surface area contributed by atoms with Gasteiger partial charge in [0.05, 0.1) is 5.69 Å². The molecule has 1 N–H and O–H groups in total. The molecular weight excluding hydrogens is 323 g/mol. The summed E-state index contributed by atoms with van der Waals surface area (Å²) in [6, 6.07) is 17.0. The minimum absolute atomic E-state index is 0.310. The van der Waals surface area contributed by atoms with Crippen molar-refractivity contribution in [2.24, 2.45) is 4.99 Å². The molecule has 134 valence electrons. The van der Waals surface area contributed by atoms with E-state index in [1.54, 1.807) is 0 Å². The molecule has 0 saturated carbocycles. The highest BCUT2D eigenvalue weighted by Gasteiger charge is 2.19. The summed E-state index contributed by atoms with van der Waals surface area (Å²) in [5.41, 5.74) is 6.09. The van der Waals surface area contributed by atoms with Crippen molar-refractivity contribution in [1.29, 1.82) is 0 Å². The third-order valence-electron chi connectivity index (χ3n) is 4.27. The number of rotatable bonds is 6. The summed E-state index contributed by atoms with van der Waals surface area (Å²) in [5, 5.41) is 3.82. The second kappa shape index (κ2) is 9.15. The lowest BCUT2D eigenvalue weighted by Gasteiger charge is -2.28. The maximum Gasteiger partial charge on any atom is 0.110 e. The molecule has 0 atom stereocenters. The average molecular weight is 354 g/mol. The summed E-state index contributed by atoms with van der Waals surface area (Å²) in [6.45, 7) is 13.5. The number of hydrogen-bond acceptors (Lipinski definition) is 1. The minimum Gasteiger partial charge on any atom is -0.352 e. The fourth-order valence-corrected chi connectivity index (χ4v) is 5.15. The molecule has 0 aliphatic carbocycles. The van der Waals surface area contributed by atoms with Gasteiger partial charge >= 0.3 is 0 Å². The van der Waals surface area contributed by atoms with Crippen LogP contribution in [0.5, 0.6) is 0 Å². The highest BCUT2D eigenvalue weighted by Crippen LogP contribution is 2.42. The highest BCUT2D eigenvalue weighted by atomic mass is 31.1. The largest absolute Gasteiger partial charge is 0.352 e. The first-order valence-corrected chi connectivity index (χ1v) is 10.6. The first-order chi connectivity index (χ1) is 11.9. The van der Waals surface area contributed by atoms with Gasteiger partial charge in [-0.05, 0) is 49.9 Å². The molecule has 2 aromatic rings. The number of para-hydroxylation sites is 1. The molecule has 3 heteroatoms. The fraction of sp³-hybridized carbons (Fsp3) is 0.409. The number of hydrogen-bond donors (Lipinski definition) is 1. The summed E-state index contributed by atoms with van der Waals surface area (Å²) in [6.07, 6.45) is 0.840. The van der Waals surface area contributed by atoms with E-state index in [0.717, 1.165) is 17.9 Å². The number of nitrogens with zero attached hydrogens (tertiary/aromatic N) is 1. The average Bonchev–Trinajstić information content (AvgIpc) is 2.56.